The van der Waals surface area contributed by atoms with Gasteiger partial charge in [-0.05, 0) is 42.3 Å². The number of carbonyl (C=O) groups excluding carboxylic acids is 1. The van der Waals surface area contributed by atoms with Crippen LogP contribution in [0.25, 0.3) is 0 Å². The van der Waals surface area contributed by atoms with Gasteiger partial charge in [-0.2, -0.15) is 0 Å². The lowest BCUT2D eigenvalue weighted by Gasteiger charge is -2.22. The van der Waals surface area contributed by atoms with Crippen molar-refractivity contribution < 1.29 is 13.9 Å². The Morgan fingerprint density at radius 1 is 1.10 bits per heavy atom. The van der Waals surface area contributed by atoms with E-state index in [4.69, 9.17) is 4.74 Å². The maximum atomic E-state index is 13.1. The van der Waals surface area contributed by atoms with Crippen LogP contribution in [-0.4, -0.2) is 56.0 Å². The molecule has 0 saturated carbocycles. The normalized spacial score (nSPS) is 10.8. The van der Waals surface area contributed by atoms with Gasteiger partial charge in [0.25, 0.3) is 5.91 Å². The number of benzene rings is 2. The number of ether oxygens (including phenoxy) is 1. The number of nitrogens with zero attached hydrogens (tertiary/aromatic N) is 3. The molecule has 0 bridgehead atoms. The molecule has 0 aromatic heterocycles. The number of nitrogens with one attached hydrogen (secondary N) is 1. The summed E-state index contributed by atoms with van der Waals surface area (Å²) in [5.41, 5.74) is 1.98. The zero-order chi connectivity index (χ0) is 21.2. The van der Waals surface area contributed by atoms with Crippen LogP contribution in [0.1, 0.15) is 18.1 Å². The predicted molar refractivity (Wildman–Crippen MR) is 129 cm³/mol. The van der Waals surface area contributed by atoms with Gasteiger partial charge in [0, 0.05) is 34.2 Å². The van der Waals surface area contributed by atoms with E-state index >= 15 is 0 Å². The van der Waals surface area contributed by atoms with E-state index in [1.54, 1.807) is 26.2 Å². The number of hydrogen-bond acceptors (Lipinski definition) is 3. The molecule has 0 aliphatic heterocycles. The lowest BCUT2D eigenvalue weighted by Crippen LogP contribution is -2.38. The number of aliphatic imine (C=N–C) groups is 1. The molecule has 0 aliphatic rings. The summed E-state index contributed by atoms with van der Waals surface area (Å²) in [5.74, 6) is 1.06. The van der Waals surface area contributed by atoms with Gasteiger partial charge in [-0.15, -0.1) is 24.0 Å². The van der Waals surface area contributed by atoms with Gasteiger partial charge in [-0.25, -0.2) is 9.38 Å². The molecule has 164 valence electrons. The Kier molecular flexibility index (Phi) is 11.2. The third kappa shape index (κ3) is 8.56. The van der Waals surface area contributed by atoms with Crippen LogP contribution in [0.5, 0.6) is 5.75 Å². The van der Waals surface area contributed by atoms with Crippen LogP contribution in [0.2, 0.25) is 0 Å². The Labute approximate surface area is 195 Å². The maximum absolute atomic E-state index is 13.1. The maximum Gasteiger partial charge on any atom is 0.259 e. The molecule has 1 amide bonds. The van der Waals surface area contributed by atoms with Crippen molar-refractivity contribution in [1.82, 2.24) is 15.1 Å². The van der Waals surface area contributed by atoms with Crippen molar-refractivity contribution in [1.29, 1.82) is 0 Å². The Morgan fingerprint density at radius 2 is 1.80 bits per heavy atom. The molecule has 1 N–H and O–H groups in total. The van der Waals surface area contributed by atoms with Crippen LogP contribution in [0.3, 0.4) is 0 Å². The summed E-state index contributed by atoms with van der Waals surface area (Å²) >= 11 is 0. The number of rotatable bonds is 8. The molecule has 30 heavy (non-hydrogen) atoms. The minimum Gasteiger partial charge on any atom is -0.484 e. The highest BCUT2D eigenvalue weighted by Gasteiger charge is 2.08. The van der Waals surface area contributed by atoms with E-state index < -0.39 is 0 Å². The van der Waals surface area contributed by atoms with Crippen molar-refractivity contribution in [2.45, 2.75) is 20.0 Å². The molecule has 2 aromatic rings. The Morgan fingerprint density at radius 3 is 2.43 bits per heavy atom. The first kappa shape index (κ1) is 25.7. The van der Waals surface area contributed by atoms with Gasteiger partial charge in [-0.1, -0.05) is 24.3 Å². The first-order valence-electron chi connectivity index (χ1n) is 9.54. The van der Waals surface area contributed by atoms with Gasteiger partial charge in [0.15, 0.2) is 12.6 Å². The summed E-state index contributed by atoms with van der Waals surface area (Å²) in [4.78, 5) is 19.9. The third-order valence-electron chi connectivity index (χ3n) is 4.20. The van der Waals surface area contributed by atoms with Crippen LogP contribution in [0, 0.1) is 5.82 Å². The average Bonchev–Trinajstić information content (AvgIpc) is 2.71. The lowest BCUT2D eigenvalue weighted by molar-refractivity contribution is -0.130. The molecule has 8 heteroatoms. The van der Waals surface area contributed by atoms with E-state index in [9.17, 15) is 9.18 Å². The van der Waals surface area contributed by atoms with Crippen LogP contribution in [-0.2, 0) is 17.9 Å². The third-order valence-corrected chi connectivity index (χ3v) is 4.20. The van der Waals surface area contributed by atoms with Crippen molar-refractivity contribution >= 4 is 35.8 Å². The quantitative estimate of drug-likeness (QED) is 0.324. The zero-order valence-corrected chi connectivity index (χ0v) is 20.2. The van der Waals surface area contributed by atoms with Crippen molar-refractivity contribution in [3.8, 4) is 5.75 Å². The van der Waals surface area contributed by atoms with E-state index in [-0.39, 0.29) is 42.3 Å². The Bertz CT molecular complexity index is 828. The van der Waals surface area contributed by atoms with Crippen LogP contribution >= 0.6 is 24.0 Å². The average molecular weight is 528 g/mol. The fraction of sp³-hybridized carbons (Fsp3) is 0.364. The summed E-state index contributed by atoms with van der Waals surface area (Å²) in [5, 5.41) is 3.27. The number of amides is 1. The van der Waals surface area contributed by atoms with Crippen LogP contribution < -0.4 is 10.1 Å². The fourth-order valence-corrected chi connectivity index (χ4v) is 2.58. The first-order valence-corrected chi connectivity index (χ1v) is 9.54. The summed E-state index contributed by atoms with van der Waals surface area (Å²) in [6, 6.07) is 14.0. The van der Waals surface area contributed by atoms with Gasteiger partial charge < -0.3 is 19.9 Å². The molecule has 0 saturated heterocycles. The number of hydrogen-bond donors (Lipinski definition) is 1. The van der Waals surface area contributed by atoms with Gasteiger partial charge in [0.05, 0.1) is 6.54 Å². The smallest absolute Gasteiger partial charge is 0.259 e. The van der Waals surface area contributed by atoms with Crippen LogP contribution in [0.4, 0.5) is 4.39 Å². The highest BCUT2D eigenvalue weighted by Crippen LogP contribution is 2.14. The van der Waals surface area contributed by atoms with E-state index in [1.807, 2.05) is 43.1 Å². The second-order valence-corrected chi connectivity index (χ2v) is 6.88. The lowest BCUT2D eigenvalue weighted by atomic mass is 10.2. The van der Waals surface area contributed by atoms with E-state index in [0.717, 1.165) is 23.6 Å². The number of guanidine groups is 1. The minimum absolute atomic E-state index is 0. The summed E-state index contributed by atoms with van der Waals surface area (Å²) < 4.78 is 18.7. The monoisotopic (exact) mass is 528 g/mol. The zero-order valence-electron chi connectivity index (χ0n) is 17.9. The number of carbonyl (C=O) groups is 1. The highest BCUT2D eigenvalue weighted by atomic mass is 127. The molecule has 0 radical (unpaired) electrons. The van der Waals surface area contributed by atoms with Gasteiger partial charge in [-0.3, -0.25) is 4.79 Å². The molecule has 2 rings (SSSR count). The first-order chi connectivity index (χ1) is 13.9. The second-order valence-electron chi connectivity index (χ2n) is 6.88. The molecule has 0 atom stereocenters. The minimum atomic E-state index is -0.244. The number of likely N-dealkylation sites (N-methyl/N-ethyl adjacent to an activating group) is 1. The van der Waals surface area contributed by atoms with Crippen molar-refractivity contribution in [2.24, 2.45) is 4.99 Å². The number of halogens is 2. The van der Waals surface area contributed by atoms with Crippen molar-refractivity contribution in [3.63, 3.8) is 0 Å². The van der Waals surface area contributed by atoms with E-state index in [2.05, 4.69) is 10.3 Å². The Hall–Kier alpha value is -2.36. The molecule has 6 nitrogen and oxygen atoms in total. The molecule has 2 aromatic carbocycles. The predicted octanol–water partition coefficient (Wildman–Crippen LogP) is 3.51. The van der Waals surface area contributed by atoms with E-state index in [1.165, 1.54) is 17.0 Å². The summed E-state index contributed by atoms with van der Waals surface area (Å²) in [6.45, 7) is 3.83. The fourth-order valence-electron chi connectivity index (χ4n) is 2.58. The largest absolute Gasteiger partial charge is 0.484 e. The standard InChI is InChI=1S/C22H29FN4O2.HI/c1-5-24-22(27(4)15-17-9-11-19(23)12-10-17)25-14-18-7-6-8-20(13-18)29-16-21(28)26(2)3;/h6-13H,5,14-16H2,1-4H3,(H,24,25);1H. The molecule has 0 heterocycles. The van der Waals surface area contributed by atoms with Crippen LogP contribution in [0.15, 0.2) is 53.5 Å². The molecule has 0 spiro atoms. The molecule has 0 aliphatic carbocycles. The topological polar surface area (TPSA) is 57.2 Å². The van der Waals surface area contributed by atoms with Crippen molar-refractivity contribution in [3.05, 3.63) is 65.5 Å². The molecular weight excluding hydrogens is 498 g/mol. The highest BCUT2D eigenvalue weighted by molar-refractivity contribution is 14.0. The summed E-state index contributed by atoms with van der Waals surface area (Å²) in [6.07, 6.45) is 0. The molecular formula is C22H30FIN4O2. The second kappa shape index (κ2) is 13.0. The molecule has 0 unspecified atom stereocenters. The van der Waals surface area contributed by atoms with Gasteiger partial charge in [0.1, 0.15) is 11.6 Å². The van der Waals surface area contributed by atoms with Gasteiger partial charge >= 0.3 is 0 Å². The van der Waals surface area contributed by atoms with Crippen molar-refractivity contribution in [2.75, 3.05) is 34.3 Å². The van der Waals surface area contributed by atoms with E-state index in [0.29, 0.717) is 18.8 Å². The Balaban J connectivity index is 0.00000450. The molecule has 0 fully saturated rings. The summed E-state index contributed by atoms with van der Waals surface area (Å²) in [7, 11) is 5.33. The SMILES string of the molecule is CCNC(=NCc1cccc(OCC(=O)N(C)C)c1)N(C)Cc1ccc(F)cc1.I. The van der Waals surface area contributed by atoms with Gasteiger partial charge in [0.2, 0.25) is 0 Å².